The van der Waals surface area contributed by atoms with E-state index in [1.54, 1.807) is 49.1 Å². The topological polar surface area (TPSA) is 46.0 Å². The minimum Gasteiger partial charge on any atom is -0.380 e. The Hall–Kier alpha value is -2.59. The molecule has 110 valence electrons. The van der Waals surface area contributed by atoms with Gasteiger partial charge in [-0.3, -0.25) is 9.97 Å². The van der Waals surface area contributed by atoms with Crippen LogP contribution in [0.15, 0.2) is 73.3 Å². The third-order valence-electron chi connectivity index (χ3n) is 3.65. The summed E-state index contributed by atoms with van der Waals surface area (Å²) >= 11 is 0. The number of nitrogens with zero attached hydrogens (tertiary/aromatic N) is 2. The van der Waals surface area contributed by atoms with Crippen LogP contribution < -0.4 is 0 Å². The van der Waals surface area contributed by atoms with Gasteiger partial charge in [0, 0.05) is 42.3 Å². The second-order valence-electron chi connectivity index (χ2n) is 5.15. The molecule has 1 aromatic carbocycles. The normalized spacial score (nSPS) is 11.4. The van der Waals surface area contributed by atoms with Gasteiger partial charge in [-0.05, 0) is 29.8 Å². The summed E-state index contributed by atoms with van der Waals surface area (Å²) in [5.74, 6) is -0.296. The standard InChI is InChI=1S/C18H15FN2O/c19-17-7-5-14(6-8-17)11-18(22,15-3-1-9-20-12-15)16-4-2-10-21-13-16/h1-10,12-13,22H,11H2. The highest BCUT2D eigenvalue weighted by Crippen LogP contribution is 2.32. The average Bonchev–Trinajstić information content (AvgIpc) is 2.58. The summed E-state index contributed by atoms with van der Waals surface area (Å²) in [4.78, 5) is 8.18. The summed E-state index contributed by atoms with van der Waals surface area (Å²) in [6.45, 7) is 0. The van der Waals surface area contributed by atoms with Crippen LogP contribution >= 0.6 is 0 Å². The third-order valence-corrected chi connectivity index (χ3v) is 3.65. The number of hydrogen-bond acceptors (Lipinski definition) is 3. The first-order chi connectivity index (χ1) is 10.7. The zero-order valence-electron chi connectivity index (χ0n) is 11.9. The van der Waals surface area contributed by atoms with Crippen molar-refractivity contribution in [2.75, 3.05) is 0 Å². The SMILES string of the molecule is OC(Cc1ccc(F)cc1)(c1cccnc1)c1cccnc1. The molecule has 0 aliphatic rings. The molecule has 4 heteroatoms. The van der Waals surface area contributed by atoms with Gasteiger partial charge in [-0.15, -0.1) is 0 Å². The first-order valence-corrected chi connectivity index (χ1v) is 6.96. The first-order valence-electron chi connectivity index (χ1n) is 6.96. The molecule has 0 aliphatic heterocycles. The van der Waals surface area contributed by atoms with Gasteiger partial charge in [-0.25, -0.2) is 4.39 Å². The Bertz CT molecular complexity index is 691. The number of halogens is 1. The van der Waals surface area contributed by atoms with Gasteiger partial charge >= 0.3 is 0 Å². The fourth-order valence-electron chi connectivity index (χ4n) is 2.48. The summed E-state index contributed by atoms with van der Waals surface area (Å²) in [5, 5.41) is 11.3. The predicted molar refractivity (Wildman–Crippen MR) is 81.6 cm³/mol. The lowest BCUT2D eigenvalue weighted by atomic mass is 9.83. The second-order valence-corrected chi connectivity index (χ2v) is 5.15. The lowest BCUT2D eigenvalue weighted by Gasteiger charge is -2.29. The number of hydrogen-bond donors (Lipinski definition) is 1. The van der Waals surface area contributed by atoms with Crippen LogP contribution in [0, 0.1) is 5.82 Å². The maximum absolute atomic E-state index is 13.1. The Morgan fingerprint density at radius 1 is 0.864 bits per heavy atom. The maximum atomic E-state index is 13.1. The fraction of sp³-hybridized carbons (Fsp3) is 0.111. The van der Waals surface area contributed by atoms with Crippen LogP contribution in [-0.2, 0) is 12.0 Å². The summed E-state index contributed by atoms with van der Waals surface area (Å²) in [5.41, 5.74) is 0.914. The molecule has 0 spiro atoms. The zero-order chi connectivity index (χ0) is 15.4. The van der Waals surface area contributed by atoms with E-state index in [0.29, 0.717) is 17.5 Å². The van der Waals surface area contributed by atoms with E-state index in [-0.39, 0.29) is 5.82 Å². The van der Waals surface area contributed by atoms with Gasteiger partial charge in [0.05, 0.1) is 0 Å². The van der Waals surface area contributed by atoms with Gasteiger partial charge in [-0.2, -0.15) is 0 Å². The molecule has 0 atom stereocenters. The van der Waals surface area contributed by atoms with Gasteiger partial charge in [0.25, 0.3) is 0 Å². The van der Waals surface area contributed by atoms with Crippen LogP contribution in [0.2, 0.25) is 0 Å². The second kappa shape index (κ2) is 6.03. The van der Waals surface area contributed by atoms with Crippen molar-refractivity contribution < 1.29 is 9.50 Å². The molecular formula is C18H15FN2O. The van der Waals surface area contributed by atoms with Crippen molar-refractivity contribution in [3.63, 3.8) is 0 Å². The van der Waals surface area contributed by atoms with Gasteiger partial charge in [0.15, 0.2) is 0 Å². The van der Waals surface area contributed by atoms with Gasteiger partial charge < -0.3 is 5.11 Å². The van der Waals surface area contributed by atoms with Gasteiger partial charge in [0.2, 0.25) is 0 Å². The molecule has 1 N–H and O–H groups in total. The molecule has 0 radical (unpaired) electrons. The molecule has 0 saturated carbocycles. The quantitative estimate of drug-likeness (QED) is 0.804. The van der Waals surface area contributed by atoms with E-state index in [1.807, 2.05) is 12.1 Å². The fourth-order valence-corrected chi connectivity index (χ4v) is 2.48. The summed E-state index contributed by atoms with van der Waals surface area (Å²) in [7, 11) is 0. The Morgan fingerprint density at radius 2 is 1.41 bits per heavy atom. The van der Waals surface area contributed by atoms with Crippen LogP contribution in [0.1, 0.15) is 16.7 Å². The number of aromatic nitrogens is 2. The van der Waals surface area contributed by atoms with Crippen molar-refractivity contribution in [1.29, 1.82) is 0 Å². The minimum absolute atomic E-state index is 0.296. The lowest BCUT2D eigenvalue weighted by molar-refractivity contribution is 0.0804. The summed E-state index contributed by atoms with van der Waals surface area (Å²) in [6.07, 6.45) is 6.90. The molecule has 2 heterocycles. The van der Waals surface area contributed by atoms with Crippen molar-refractivity contribution in [3.05, 3.63) is 95.8 Å². The van der Waals surface area contributed by atoms with Crippen molar-refractivity contribution in [2.45, 2.75) is 12.0 Å². The molecule has 0 amide bonds. The molecule has 0 bridgehead atoms. The van der Waals surface area contributed by atoms with E-state index in [1.165, 1.54) is 12.1 Å². The predicted octanol–water partition coefficient (Wildman–Crippen LogP) is 3.09. The Labute approximate surface area is 128 Å². The molecular weight excluding hydrogens is 279 g/mol. The minimum atomic E-state index is -1.26. The highest BCUT2D eigenvalue weighted by Gasteiger charge is 2.32. The molecule has 0 aliphatic carbocycles. The molecule has 2 aromatic heterocycles. The van der Waals surface area contributed by atoms with E-state index in [9.17, 15) is 9.50 Å². The van der Waals surface area contributed by atoms with Crippen LogP contribution in [-0.4, -0.2) is 15.1 Å². The smallest absolute Gasteiger partial charge is 0.123 e. The van der Waals surface area contributed by atoms with Gasteiger partial charge in [-0.1, -0.05) is 24.3 Å². The Morgan fingerprint density at radius 3 is 1.86 bits per heavy atom. The average molecular weight is 294 g/mol. The van der Waals surface area contributed by atoms with Crippen LogP contribution in [0.4, 0.5) is 4.39 Å². The molecule has 0 saturated heterocycles. The number of rotatable bonds is 4. The zero-order valence-corrected chi connectivity index (χ0v) is 11.9. The van der Waals surface area contributed by atoms with Crippen molar-refractivity contribution >= 4 is 0 Å². The summed E-state index contributed by atoms with van der Waals surface area (Å²) in [6, 6.07) is 13.3. The Kier molecular flexibility index (Phi) is 3.94. The number of aliphatic hydroxyl groups is 1. The Balaban J connectivity index is 2.05. The van der Waals surface area contributed by atoms with E-state index >= 15 is 0 Å². The molecule has 3 nitrogen and oxygen atoms in total. The third kappa shape index (κ3) is 2.87. The number of benzene rings is 1. The molecule has 0 fully saturated rings. The van der Waals surface area contributed by atoms with Crippen LogP contribution in [0.25, 0.3) is 0 Å². The van der Waals surface area contributed by atoms with E-state index in [0.717, 1.165) is 5.56 Å². The summed E-state index contributed by atoms with van der Waals surface area (Å²) < 4.78 is 13.1. The van der Waals surface area contributed by atoms with Crippen LogP contribution in [0.3, 0.4) is 0 Å². The first kappa shape index (κ1) is 14.4. The lowest BCUT2D eigenvalue weighted by Crippen LogP contribution is -2.30. The molecule has 0 unspecified atom stereocenters. The van der Waals surface area contributed by atoms with E-state index in [2.05, 4.69) is 9.97 Å². The van der Waals surface area contributed by atoms with Crippen molar-refractivity contribution in [1.82, 2.24) is 9.97 Å². The van der Waals surface area contributed by atoms with E-state index < -0.39 is 5.60 Å². The molecule has 3 aromatic rings. The van der Waals surface area contributed by atoms with Crippen LogP contribution in [0.5, 0.6) is 0 Å². The van der Waals surface area contributed by atoms with Crippen molar-refractivity contribution in [2.24, 2.45) is 0 Å². The van der Waals surface area contributed by atoms with Crippen molar-refractivity contribution in [3.8, 4) is 0 Å². The highest BCUT2D eigenvalue weighted by molar-refractivity contribution is 5.36. The van der Waals surface area contributed by atoms with E-state index in [4.69, 9.17) is 0 Å². The maximum Gasteiger partial charge on any atom is 0.123 e. The molecule has 22 heavy (non-hydrogen) atoms. The largest absolute Gasteiger partial charge is 0.380 e. The number of pyridine rings is 2. The highest BCUT2D eigenvalue weighted by atomic mass is 19.1. The van der Waals surface area contributed by atoms with Gasteiger partial charge in [0.1, 0.15) is 11.4 Å². The molecule has 3 rings (SSSR count). The monoisotopic (exact) mass is 294 g/mol.